The molecule has 0 aromatic heterocycles. The second-order valence-corrected chi connectivity index (χ2v) is 7.79. The van der Waals surface area contributed by atoms with Gasteiger partial charge in [0.25, 0.3) is 0 Å². The molecule has 0 aliphatic heterocycles. The molecule has 2 unspecified atom stereocenters. The third kappa shape index (κ3) is 2.98. The van der Waals surface area contributed by atoms with Crippen LogP contribution in [0.25, 0.3) is 0 Å². The highest BCUT2D eigenvalue weighted by Gasteiger charge is 2.75. The van der Waals surface area contributed by atoms with Gasteiger partial charge in [-0.25, -0.2) is 0 Å². The summed E-state index contributed by atoms with van der Waals surface area (Å²) in [5, 5.41) is 10.6. The highest BCUT2D eigenvalue weighted by atomic mass is 19.4. The first kappa shape index (κ1) is 19.9. The van der Waals surface area contributed by atoms with E-state index in [0.29, 0.717) is 12.8 Å². The van der Waals surface area contributed by atoms with Gasteiger partial charge < -0.3 is 14.6 Å². The van der Waals surface area contributed by atoms with Crippen LogP contribution in [-0.2, 0) is 19.1 Å². The molecule has 4 fully saturated rings. The predicted molar refractivity (Wildman–Crippen MR) is 71.6 cm³/mol. The Labute approximate surface area is 149 Å². The number of esters is 1. The summed E-state index contributed by atoms with van der Waals surface area (Å²) < 4.78 is 83.7. The van der Waals surface area contributed by atoms with Crippen LogP contribution in [-0.4, -0.2) is 35.7 Å². The second kappa shape index (κ2) is 5.84. The second-order valence-electron chi connectivity index (χ2n) is 7.79. The normalized spacial score (nSPS) is 33.3. The smallest absolute Gasteiger partial charge is 0.437 e. The quantitative estimate of drug-likeness (QED) is 0.531. The molecule has 27 heavy (non-hydrogen) atoms. The van der Waals surface area contributed by atoms with E-state index in [-0.39, 0.29) is 31.0 Å². The monoisotopic (exact) mass is 401 g/mol. The maximum Gasteiger partial charge on any atom is 0.437 e. The average Bonchev–Trinajstić information content (AvgIpc) is 2.48. The Bertz CT molecular complexity index is 650. The molecule has 4 rings (SSSR count). The minimum Gasteiger partial charge on any atom is -0.550 e. The standard InChI is InChI=1S/C16H16F6O5/c17-15(18,19)14(6-10(23)24,16(20,21)22)27-12(26)13-3-7-1-8(4-13)11(25)9(2-7)5-13/h7-9H,1-6H2,(H,23,24)/p-1. The number of aliphatic carboxylic acids is 1. The lowest BCUT2D eigenvalue weighted by Gasteiger charge is -2.54. The molecule has 0 aromatic carbocycles. The van der Waals surface area contributed by atoms with Crippen LogP contribution in [0.2, 0.25) is 0 Å². The van der Waals surface area contributed by atoms with Crippen LogP contribution in [0.4, 0.5) is 26.3 Å². The Morgan fingerprint density at radius 3 is 1.89 bits per heavy atom. The van der Waals surface area contributed by atoms with Crippen LogP contribution < -0.4 is 5.11 Å². The fourth-order valence-corrected chi connectivity index (χ4v) is 4.98. The van der Waals surface area contributed by atoms with Crippen LogP contribution >= 0.6 is 0 Å². The number of hydrogen-bond donors (Lipinski definition) is 0. The SMILES string of the molecule is O=C([O-])CC(OC(=O)C12CC3CC(C1)C(=O)C(C3)C2)(C(F)(F)F)C(F)(F)F. The number of carboxylic acid groups (broad SMARTS) is 1. The van der Waals surface area contributed by atoms with Crippen LogP contribution in [0.15, 0.2) is 0 Å². The highest BCUT2D eigenvalue weighted by Crippen LogP contribution is 2.60. The zero-order chi connectivity index (χ0) is 20.4. The fourth-order valence-electron chi connectivity index (χ4n) is 4.98. The van der Waals surface area contributed by atoms with Crippen molar-refractivity contribution in [2.75, 3.05) is 0 Å². The van der Waals surface area contributed by atoms with E-state index in [1.165, 1.54) is 0 Å². The molecular formula is C16H15F6O5-. The van der Waals surface area contributed by atoms with E-state index >= 15 is 0 Å². The maximum atomic E-state index is 13.3. The van der Waals surface area contributed by atoms with E-state index in [1.54, 1.807) is 0 Å². The number of hydrogen-bond acceptors (Lipinski definition) is 5. The van der Waals surface area contributed by atoms with Crippen LogP contribution in [0.1, 0.15) is 38.5 Å². The average molecular weight is 401 g/mol. The molecule has 0 N–H and O–H groups in total. The van der Waals surface area contributed by atoms with E-state index in [9.17, 15) is 45.8 Å². The molecule has 0 saturated heterocycles. The third-order valence-corrected chi connectivity index (χ3v) is 6.00. The van der Waals surface area contributed by atoms with Crippen molar-refractivity contribution in [1.82, 2.24) is 0 Å². The summed E-state index contributed by atoms with van der Waals surface area (Å²) in [5.41, 5.74) is -6.82. The number of ketones is 1. The van der Waals surface area contributed by atoms with Gasteiger partial charge in [0.15, 0.2) is 0 Å². The molecule has 11 heteroatoms. The summed E-state index contributed by atoms with van der Waals surface area (Å²) in [6, 6.07) is 0. The van der Waals surface area contributed by atoms with E-state index in [0.717, 1.165) is 0 Å². The molecule has 0 spiro atoms. The summed E-state index contributed by atoms with van der Waals surface area (Å²) in [7, 11) is 0. The number of alkyl halides is 6. The molecule has 4 bridgehead atoms. The van der Waals surface area contributed by atoms with Gasteiger partial charge in [0.2, 0.25) is 0 Å². The number of carbonyl (C=O) groups excluding carboxylic acids is 3. The summed E-state index contributed by atoms with van der Waals surface area (Å²) in [5.74, 6) is -5.85. The molecule has 4 aliphatic rings. The fraction of sp³-hybridized carbons (Fsp3) is 0.812. The minimum absolute atomic E-state index is 0.0310. The van der Waals surface area contributed by atoms with Crippen LogP contribution in [0.3, 0.4) is 0 Å². The highest BCUT2D eigenvalue weighted by molar-refractivity contribution is 5.90. The van der Waals surface area contributed by atoms with Gasteiger partial charge in [-0.1, -0.05) is 0 Å². The van der Waals surface area contributed by atoms with Crippen LogP contribution in [0.5, 0.6) is 0 Å². The first-order valence-corrected chi connectivity index (χ1v) is 8.31. The lowest BCUT2D eigenvalue weighted by Crippen LogP contribution is -2.64. The Hall–Kier alpha value is -1.81. The van der Waals surface area contributed by atoms with E-state index in [4.69, 9.17) is 0 Å². The molecular weight excluding hydrogens is 386 g/mol. The summed E-state index contributed by atoms with van der Waals surface area (Å²) in [6.07, 6.45) is -14.4. The molecule has 0 amide bonds. The number of carboxylic acids is 1. The van der Waals surface area contributed by atoms with Gasteiger partial charge in [-0.15, -0.1) is 0 Å². The summed E-state index contributed by atoms with van der Waals surface area (Å²) in [6.45, 7) is 0. The van der Waals surface area contributed by atoms with Gasteiger partial charge in [-0.3, -0.25) is 9.59 Å². The maximum absolute atomic E-state index is 13.3. The van der Waals surface area contributed by atoms with Crippen LogP contribution in [0, 0.1) is 23.2 Å². The molecule has 4 aliphatic carbocycles. The number of halogens is 6. The molecule has 5 nitrogen and oxygen atoms in total. The minimum atomic E-state index is -6.21. The Morgan fingerprint density at radius 2 is 1.48 bits per heavy atom. The molecule has 2 atom stereocenters. The number of carbonyl (C=O) groups is 3. The topological polar surface area (TPSA) is 83.5 Å². The van der Waals surface area contributed by atoms with E-state index < -0.39 is 53.6 Å². The first-order valence-electron chi connectivity index (χ1n) is 8.31. The van der Waals surface area contributed by atoms with Gasteiger partial charge in [0, 0.05) is 24.2 Å². The van der Waals surface area contributed by atoms with Gasteiger partial charge in [-0.05, 0) is 38.0 Å². The predicted octanol–water partition coefficient (Wildman–Crippen LogP) is 1.93. The molecule has 4 saturated carbocycles. The zero-order valence-corrected chi connectivity index (χ0v) is 13.8. The molecule has 0 aromatic rings. The van der Waals surface area contributed by atoms with Crippen molar-refractivity contribution in [2.45, 2.75) is 56.5 Å². The van der Waals surface area contributed by atoms with Crippen molar-refractivity contribution in [1.29, 1.82) is 0 Å². The zero-order valence-electron chi connectivity index (χ0n) is 13.8. The number of rotatable bonds is 4. The first-order chi connectivity index (χ1) is 12.2. The van der Waals surface area contributed by atoms with Crippen molar-refractivity contribution < 1.29 is 50.6 Å². The van der Waals surface area contributed by atoms with Crippen molar-refractivity contribution in [3.05, 3.63) is 0 Å². The summed E-state index contributed by atoms with van der Waals surface area (Å²) in [4.78, 5) is 35.3. The summed E-state index contributed by atoms with van der Waals surface area (Å²) >= 11 is 0. The molecule has 152 valence electrons. The van der Waals surface area contributed by atoms with Crippen molar-refractivity contribution in [3.63, 3.8) is 0 Å². The Morgan fingerprint density at radius 1 is 1.00 bits per heavy atom. The Balaban J connectivity index is 1.96. The van der Waals surface area contributed by atoms with Gasteiger partial charge in [-0.2, -0.15) is 26.3 Å². The number of ether oxygens (including phenoxy) is 1. The number of Topliss-reactive ketones (excluding diaryl/α,β-unsaturated/α-hetero) is 1. The van der Waals surface area contributed by atoms with Gasteiger partial charge in [0.1, 0.15) is 5.78 Å². The Kier molecular flexibility index (Phi) is 4.31. The van der Waals surface area contributed by atoms with Crippen molar-refractivity contribution in [2.24, 2.45) is 23.2 Å². The largest absolute Gasteiger partial charge is 0.550 e. The van der Waals surface area contributed by atoms with Crippen molar-refractivity contribution in [3.8, 4) is 0 Å². The lowest BCUT2D eigenvalue weighted by atomic mass is 9.49. The van der Waals surface area contributed by atoms with Gasteiger partial charge in [0.05, 0.1) is 5.41 Å². The lowest BCUT2D eigenvalue weighted by molar-refractivity contribution is -0.383. The van der Waals surface area contributed by atoms with Crippen molar-refractivity contribution >= 4 is 17.7 Å². The van der Waals surface area contributed by atoms with Gasteiger partial charge >= 0.3 is 23.9 Å². The molecule has 0 radical (unpaired) electrons. The van der Waals surface area contributed by atoms with E-state index in [1.807, 2.05) is 0 Å². The van der Waals surface area contributed by atoms with E-state index in [2.05, 4.69) is 4.74 Å². The third-order valence-electron chi connectivity index (χ3n) is 6.00. The molecule has 0 heterocycles.